The van der Waals surface area contributed by atoms with Crippen LogP contribution in [0.4, 0.5) is 16.4 Å². The normalized spacial score (nSPS) is 15.0. The highest BCUT2D eigenvalue weighted by molar-refractivity contribution is 6.37. The maximum absolute atomic E-state index is 11.7. The Balaban J connectivity index is 2.07. The number of nitrogens with one attached hydrogen (secondary N) is 1. The van der Waals surface area contributed by atoms with Crippen molar-refractivity contribution in [2.75, 3.05) is 50.1 Å². The number of piperazine rings is 1. The Bertz CT molecular complexity index is 519. The van der Waals surface area contributed by atoms with Gasteiger partial charge in [-0.25, -0.2) is 9.78 Å². The van der Waals surface area contributed by atoms with Gasteiger partial charge in [0.25, 0.3) is 0 Å². The molecule has 21 heavy (non-hydrogen) atoms. The minimum absolute atomic E-state index is 0.275. The second-order valence-electron chi connectivity index (χ2n) is 4.55. The van der Waals surface area contributed by atoms with Crippen molar-refractivity contribution in [3.63, 3.8) is 0 Å². The fourth-order valence-corrected chi connectivity index (χ4v) is 2.74. The van der Waals surface area contributed by atoms with Crippen LogP contribution >= 0.6 is 23.2 Å². The van der Waals surface area contributed by atoms with E-state index >= 15 is 0 Å². The standard InChI is InChI=1S/C13H18Cl2N4O2/c1-3-21-13(20)19-6-4-18(5-7-19)12-10(15)8-9(14)11(16-2)17-12/h8H,3-7H2,1-2H3,(H,16,17). The van der Waals surface area contributed by atoms with E-state index in [-0.39, 0.29) is 6.09 Å². The molecule has 8 heteroatoms. The fourth-order valence-electron chi connectivity index (χ4n) is 2.17. The first kappa shape index (κ1) is 16.0. The summed E-state index contributed by atoms with van der Waals surface area (Å²) in [4.78, 5) is 19.8. The van der Waals surface area contributed by atoms with Gasteiger partial charge in [0, 0.05) is 33.2 Å². The van der Waals surface area contributed by atoms with Crippen LogP contribution in [0.1, 0.15) is 6.92 Å². The van der Waals surface area contributed by atoms with Gasteiger partial charge in [0.15, 0.2) is 0 Å². The lowest BCUT2D eigenvalue weighted by molar-refractivity contribution is 0.105. The van der Waals surface area contributed by atoms with Crippen LogP contribution in [0.2, 0.25) is 10.0 Å². The van der Waals surface area contributed by atoms with Gasteiger partial charge in [-0.3, -0.25) is 0 Å². The molecule has 1 saturated heterocycles. The summed E-state index contributed by atoms with van der Waals surface area (Å²) >= 11 is 12.3. The van der Waals surface area contributed by atoms with Crippen molar-refractivity contribution in [2.24, 2.45) is 0 Å². The molecule has 1 aromatic rings. The van der Waals surface area contributed by atoms with E-state index in [0.29, 0.717) is 54.5 Å². The highest BCUT2D eigenvalue weighted by Gasteiger charge is 2.24. The molecule has 2 heterocycles. The molecule has 116 valence electrons. The third kappa shape index (κ3) is 3.63. The number of hydrogen-bond acceptors (Lipinski definition) is 5. The largest absolute Gasteiger partial charge is 0.450 e. The van der Waals surface area contributed by atoms with Crippen LogP contribution in [-0.2, 0) is 4.74 Å². The zero-order chi connectivity index (χ0) is 15.4. The maximum Gasteiger partial charge on any atom is 0.409 e. The highest BCUT2D eigenvalue weighted by Crippen LogP contribution is 2.31. The molecule has 0 saturated carbocycles. The Kier molecular flexibility index (Phi) is 5.36. The van der Waals surface area contributed by atoms with Gasteiger partial charge in [0.2, 0.25) is 0 Å². The number of nitrogens with zero attached hydrogens (tertiary/aromatic N) is 3. The van der Waals surface area contributed by atoms with Gasteiger partial charge < -0.3 is 19.9 Å². The number of pyridine rings is 1. The summed E-state index contributed by atoms with van der Waals surface area (Å²) in [6.45, 7) is 4.63. The number of ether oxygens (including phenoxy) is 1. The summed E-state index contributed by atoms with van der Waals surface area (Å²) in [5, 5.41) is 3.92. The molecule has 0 radical (unpaired) electrons. The lowest BCUT2D eigenvalue weighted by atomic mass is 10.3. The lowest BCUT2D eigenvalue weighted by Crippen LogP contribution is -2.49. The summed E-state index contributed by atoms with van der Waals surface area (Å²) < 4.78 is 5.00. The monoisotopic (exact) mass is 332 g/mol. The van der Waals surface area contributed by atoms with Gasteiger partial charge in [0.05, 0.1) is 16.7 Å². The van der Waals surface area contributed by atoms with Crippen molar-refractivity contribution < 1.29 is 9.53 Å². The lowest BCUT2D eigenvalue weighted by Gasteiger charge is -2.35. The average Bonchev–Trinajstić information content (AvgIpc) is 2.48. The van der Waals surface area contributed by atoms with Gasteiger partial charge >= 0.3 is 6.09 Å². The molecule has 0 atom stereocenters. The fraction of sp³-hybridized carbons (Fsp3) is 0.538. The Morgan fingerprint density at radius 1 is 1.33 bits per heavy atom. The number of carbonyl (C=O) groups excluding carboxylic acids is 1. The van der Waals surface area contributed by atoms with Crippen LogP contribution in [0.25, 0.3) is 0 Å². The van der Waals surface area contributed by atoms with Gasteiger partial charge in [-0.2, -0.15) is 0 Å². The van der Waals surface area contributed by atoms with Crippen LogP contribution < -0.4 is 10.2 Å². The summed E-state index contributed by atoms with van der Waals surface area (Å²) in [6.07, 6.45) is -0.275. The van der Waals surface area contributed by atoms with E-state index in [1.54, 1.807) is 24.9 Å². The molecular formula is C13H18Cl2N4O2. The minimum Gasteiger partial charge on any atom is -0.450 e. The molecule has 2 rings (SSSR count). The number of halogens is 2. The van der Waals surface area contributed by atoms with Gasteiger partial charge in [-0.1, -0.05) is 23.2 Å². The Morgan fingerprint density at radius 2 is 2.00 bits per heavy atom. The van der Waals surface area contributed by atoms with Crippen LogP contribution in [0, 0.1) is 0 Å². The Labute approximate surface area is 134 Å². The molecule has 1 fully saturated rings. The zero-order valence-electron chi connectivity index (χ0n) is 12.0. The van der Waals surface area contributed by atoms with E-state index in [1.165, 1.54) is 0 Å². The van der Waals surface area contributed by atoms with Crippen LogP contribution in [0.3, 0.4) is 0 Å². The van der Waals surface area contributed by atoms with Crippen LogP contribution in [0.5, 0.6) is 0 Å². The summed E-state index contributed by atoms with van der Waals surface area (Å²) in [5.41, 5.74) is 0. The predicted molar refractivity (Wildman–Crippen MR) is 84.6 cm³/mol. The smallest absolute Gasteiger partial charge is 0.409 e. The first-order valence-corrected chi connectivity index (χ1v) is 7.52. The molecule has 6 nitrogen and oxygen atoms in total. The van der Waals surface area contributed by atoms with E-state index < -0.39 is 0 Å². The third-order valence-corrected chi connectivity index (χ3v) is 3.82. The third-order valence-electron chi connectivity index (χ3n) is 3.25. The van der Waals surface area contributed by atoms with Crippen molar-refractivity contribution in [1.82, 2.24) is 9.88 Å². The molecule has 1 N–H and O–H groups in total. The number of amides is 1. The summed E-state index contributed by atoms with van der Waals surface area (Å²) in [6, 6.07) is 1.68. The van der Waals surface area contributed by atoms with Crippen molar-refractivity contribution in [2.45, 2.75) is 6.92 Å². The molecule has 1 aliphatic heterocycles. The molecule has 1 aromatic heterocycles. The molecule has 0 spiro atoms. The first-order valence-electron chi connectivity index (χ1n) is 6.77. The van der Waals surface area contributed by atoms with Crippen LogP contribution in [0.15, 0.2) is 6.07 Å². The first-order chi connectivity index (χ1) is 10.1. The van der Waals surface area contributed by atoms with Gasteiger partial charge in [-0.05, 0) is 13.0 Å². The van der Waals surface area contributed by atoms with E-state index in [4.69, 9.17) is 27.9 Å². The molecule has 0 aromatic carbocycles. The van der Waals surface area contributed by atoms with Crippen molar-refractivity contribution in [3.05, 3.63) is 16.1 Å². The number of hydrogen-bond donors (Lipinski definition) is 1. The van der Waals surface area contributed by atoms with E-state index in [1.807, 2.05) is 4.90 Å². The van der Waals surface area contributed by atoms with Gasteiger partial charge in [-0.15, -0.1) is 0 Å². The zero-order valence-corrected chi connectivity index (χ0v) is 13.5. The molecule has 1 amide bonds. The van der Waals surface area contributed by atoms with Crippen molar-refractivity contribution in [3.8, 4) is 0 Å². The van der Waals surface area contributed by atoms with E-state index in [0.717, 1.165) is 0 Å². The van der Waals surface area contributed by atoms with Crippen molar-refractivity contribution in [1.29, 1.82) is 0 Å². The minimum atomic E-state index is -0.275. The van der Waals surface area contributed by atoms with Crippen LogP contribution in [-0.4, -0.2) is 55.8 Å². The van der Waals surface area contributed by atoms with E-state index in [9.17, 15) is 4.79 Å². The number of anilines is 2. The Morgan fingerprint density at radius 3 is 2.57 bits per heavy atom. The summed E-state index contributed by atoms with van der Waals surface area (Å²) in [7, 11) is 1.75. The predicted octanol–water partition coefficient (Wildman–Crippen LogP) is 2.71. The summed E-state index contributed by atoms with van der Waals surface area (Å²) in [5.74, 6) is 1.26. The molecule has 1 aliphatic rings. The topological polar surface area (TPSA) is 57.7 Å². The van der Waals surface area contributed by atoms with Gasteiger partial charge in [0.1, 0.15) is 11.6 Å². The average molecular weight is 333 g/mol. The second-order valence-corrected chi connectivity index (χ2v) is 5.36. The highest BCUT2D eigenvalue weighted by atomic mass is 35.5. The number of carbonyl (C=O) groups is 1. The molecule has 0 aliphatic carbocycles. The molecule has 0 unspecified atom stereocenters. The Hall–Kier alpha value is -1.40. The van der Waals surface area contributed by atoms with Crippen molar-refractivity contribution >= 4 is 40.9 Å². The molecule has 0 bridgehead atoms. The number of aromatic nitrogens is 1. The SMILES string of the molecule is CCOC(=O)N1CCN(c2nc(NC)c(Cl)cc2Cl)CC1. The van der Waals surface area contributed by atoms with E-state index in [2.05, 4.69) is 10.3 Å². The second kappa shape index (κ2) is 7.04. The maximum atomic E-state index is 11.7. The quantitative estimate of drug-likeness (QED) is 0.922. The molecular weight excluding hydrogens is 315 g/mol. The number of rotatable bonds is 3.